The summed E-state index contributed by atoms with van der Waals surface area (Å²) in [5, 5.41) is 5.82. The number of amidine groups is 1. The zero-order valence-corrected chi connectivity index (χ0v) is 22.4. The first-order chi connectivity index (χ1) is 17.9. The summed E-state index contributed by atoms with van der Waals surface area (Å²) in [6.07, 6.45) is 2.62. The number of carbonyl (C=O) groups is 2. The van der Waals surface area contributed by atoms with E-state index in [-0.39, 0.29) is 18.9 Å². The van der Waals surface area contributed by atoms with Gasteiger partial charge < -0.3 is 15.0 Å². The van der Waals surface area contributed by atoms with Gasteiger partial charge in [0.2, 0.25) is 5.91 Å². The van der Waals surface area contributed by atoms with Gasteiger partial charge in [0.1, 0.15) is 6.61 Å². The molecule has 0 radical (unpaired) electrons. The quantitative estimate of drug-likeness (QED) is 0.412. The number of nitrogens with zero attached hydrogens (tertiary/aromatic N) is 2. The van der Waals surface area contributed by atoms with Gasteiger partial charge in [-0.25, -0.2) is 9.79 Å². The number of amides is 1. The van der Waals surface area contributed by atoms with E-state index in [0.717, 1.165) is 28.5 Å². The molecule has 1 aliphatic carbocycles. The molecule has 5 rings (SSSR count). The lowest BCUT2D eigenvalue weighted by atomic mass is 9.92. The molecule has 37 heavy (non-hydrogen) atoms. The van der Waals surface area contributed by atoms with Crippen LogP contribution in [0.3, 0.4) is 0 Å². The molecule has 1 saturated carbocycles. The fourth-order valence-corrected chi connectivity index (χ4v) is 5.58. The molecule has 2 aliphatic heterocycles. The Labute approximate surface area is 222 Å². The summed E-state index contributed by atoms with van der Waals surface area (Å²) in [5.41, 5.74) is 5.11. The maximum atomic E-state index is 13.6. The van der Waals surface area contributed by atoms with Crippen molar-refractivity contribution in [1.29, 1.82) is 0 Å². The smallest absolute Gasteiger partial charge is 0.338 e. The third-order valence-corrected chi connectivity index (χ3v) is 7.87. The maximum absolute atomic E-state index is 13.6. The Bertz CT molecular complexity index is 1260. The summed E-state index contributed by atoms with van der Waals surface area (Å²) in [4.78, 5) is 33.1. The molecular formula is C30H33N3O3S. The Kier molecular flexibility index (Phi) is 7.51. The van der Waals surface area contributed by atoms with E-state index in [4.69, 9.17) is 9.73 Å². The molecule has 2 heterocycles. The molecule has 0 spiro atoms. The number of hydrogen-bond acceptors (Lipinski definition) is 6. The average Bonchev–Trinajstić information content (AvgIpc) is 3.66. The van der Waals surface area contributed by atoms with Crippen molar-refractivity contribution < 1.29 is 14.3 Å². The molecule has 1 fully saturated rings. The van der Waals surface area contributed by atoms with Crippen LogP contribution in [0.15, 0.2) is 82.0 Å². The first kappa shape index (κ1) is 25.3. The van der Waals surface area contributed by atoms with Gasteiger partial charge in [-0.3, -0.25) is 4.79 Å². The number of ether oxygens (including phenoxy) is 1. The van der Waals surface area contributed by atoms with Crippen LogP contribution in [-0.2, 0) is 20.9 Å². The van der Waals surface area contributed by atoms with Crippen LogP contribution in [0, 0.1) is 5.92 Å². The number of esters is 1. The minimum absolute atomic E-state index is 0.00613. The molecule has 1 amide bonds. The molecule has 0 saturated heterocycles. The van der Waals surface area contributed by atoms with Crippen LogP contribution in [0.5, 0.6) is 0 Å². The minimum atomic E-state index is -0.422. The summed E-state index contributed by atoms with van der Waals surface area (Å²) in [5.74, 6) is 0.620. The second-order valence-electron chi connectivity index (χ2n) is 10.2. The van der Waals surface area contributed by atoms with Crippen LogP contribution in [-0.4, -0.2) is 28.5 Å². The van der Waals surface area contributed by atoms with Gasteiger partial charge in [-0.1, -0.05) is 80.2 Å². The summed E-state index contributed by atoms with van der Waals surface area (Å²) in [6.45, 7) is 7.10. The van der Waals surface area contributed by atoms with Crippen LogP contribution < -0.4 is 5.32 Å². The normalized spacial score (nSPS) is 18.9. The Morgan fingerprint density at radius 2 is 1.84 bits per heavy atom. The van der Waals surface area contributed by atoms with Gasteiger partial charge in [0, 0.05) is 12.2 Å². The van der Waals surface area contributed by atoms with Gasteiger partial charge in [-0.2, -0.15) is 0 Å². The highest BCUT2D eigenvalue weighted by Crippen LogP contribution is 2.45. The Balaban J connectivity index is 1.44. The highest BCUT2D eigenvalue weighted by atomic mass is 32.2. The predicted molar refractivity (Wildman–Crippen MR) is 148 cm³/mol. The molecule has 1 N–H and O–H groups in total. The van der Waals surface area contributed by atoms with E-state index in [9.17, 15) is 9.59 Å². The van der Waals surface area contributed by atoms with Gasteiger partial charge in [-0.05, 0) is 53.7 Å². The predicted octanol–water partition coefficient (Wildman–Crippen LogP) is 6.04. The molecule has 1 unspecified atom stereocenters. The zero-order chi connectivity index (χ0) is 25.9. The van der Waals surface area contributed by atoms with Crippen molar-refractivity contribution >= 4 is 28.8 Å². The zero-order valence-electron chi connectivity index (χ0n) is 21.6. The third kappa shape index (κ3) is 5.82. The Hall–Kier alpha value is -3.32. The van der Waals surface area contributed by atoms with Gasteiger partial charge in [0.25, 0.3) is 0 Å². The third-order valence-electron chi connectivity index (χ3n) is 6.98. The van der Waals surface area contributed by atoms with Crippen LogP contribution in [0.2, 0.25) is 0 Å². The van der Waals surface area contributed by atoms with Crippen LogP contribution in [0.1, 0.15) is 68.7 Å². The summed E-state index contributed by atoms with van der Waals surface area (Å²) >= 11 is 1.49. The van der Waals surface area contributed by atoms with E-state index in [1.807, 2.05) is 47.6 Å². The first-order valence-corrected chi connectivity index (χ1v) is 13.8. The number of fused-ring (bicyclic) bond motifs is 1. The SMILES string of the molecule is CC1=C(C(=O)OCc2ccccc2)C(c2ccc(C(C)C)cc2)N2C(CC(=O)NCC3CC3)=CSC2=N1. The minimum Gasteiger partial charge on any atom is -0.457 e. The number of allylic oxidation sites excluding steroid dienone is 1. The second-order valence-corrected chi connectivity index (χ2v) is 11.0. The monoisotopic (exact) mass is 515 g/mol. The van der Waals surface area contributed by atoms with Gasteiger partial charge in [-0.15, -0.1) is 0 Å². The number of carbonyl (C=O) groups excluding carboxylic acids is 2. The number of hydrogen-bond donors (Lipinski definition) is 1. The lowest BCUT2D eigenvalue weighted by Gasteiger charge is -2.36. The van der Waals surface area contributed by atoms with Gasteiger partial charge >= 0.3 is 5.97 Å². The van der Waals surface area contributed by atoms with E-state index in [0.29, 0.717) is 23.1 Å². The van der Waals surface area contributed by atoms with E-state index in [1.54, 1.807) is 0 Å². The lowest BCUT2D eigenvalue weighted by Crippen LogP contribution is -2.38. The number of rotatable bonds is 9. The molecule has 6 nitrogen and oxygen atoms in total. The number of benzene rings is 2. The number of nitrogens with one attached hydrogen (secondary N) is 1. The average molecular weight is 516 g/mol. The van der Waals surface area contributed by atoms with Crippen molar-refractivity contribution in [2.45, 2.75) is 58.6 Å². The molecule has 192 valence electrons. The van der Waals surface area contributed by atoms with Gasteiger partial charge in [0.05, 0.1) is 23.7 Å². The first-order valence-electron chi connectivity index (χ1n) is 12.9. The Morgan fingerprint density at radius 1 is 1.11 bits per heavy atom. The number of aliphatic imine (C=N–C) groups is 1. The number of thioether (sulfide) groups is 1. The van der Waals surface area contributed by atoms with Crippen LogP contribution >= 0.6 is 11.8 Å². The van der Waals surface area contributed by atoms with Gasteiger partial charge in [0.15, 0.2) is 5.17 Å². The standard InChI is InChI=1S/C30H33N3O3S/c1-19(2)23-11-13-24(14-12-23)28-27(29(35)36-17-22-7-5-4-6-8-22)20(3)32-30-33(28)25(18-37-30)15-26(34)31-16-21-9-10-21/h4-8,11-14,18-19,21,28H,9-10,15-17H2,1-3H3,(H,31,34). The van der Waals surface area contributed by atoms with Crippen molar-refractivity contribution in [2.75, 3.05) is 6.54 Å². The van der Waals surface area contributed by atoms with Crippen molar-refractivity contribution in [3.63, 3.8) is 0 Å². The van der Waals surface area contributed by atoms with Crippen molar-refractivity contribution in [2.24, 2.45) is 10.9 Å². The van der Waals surface area contributed by atoms with E-state index in [1.165, 1.54) is 30.2 Å². The van der Waals surface area contributed by atoms with Crippen LogP contribution in [0.25, 0.3) is 0 Å². The highest BCUT2D eigenvalue weighted by molar-refractivity contribution is 8.16. The van der Waals surface area contributed by atoms with Crippen molar-refractivity contribution in [3.8, 4) is 0 Å². The molecule has 3 aliphatic rings. The fourth-order valence-electron chi connectivity index (χ4n) is 4.62. The maximum Gasteiger partial charge on any atom is 0.338 e. The summed E-state index contributed by atoms with van der Waals surface area (Å²) < 4.78 is 5.79. The van der Waals surface area contributed by atoms with Crippen molar-refractivity contribution in [3.05, 3.63) is 93.7 Å². The molecular weight excluding hydrogens is 482 g/mol. The largest absolute Gasteiger partial charge is 0.457 e. The van der Waals surface area contributed by atoms with Crippen LogP contribution in [0.4, 0.5) is 0 Å². The van der Waals surface area contributed by atoms with E-state index >= 15 is 0 Å². The lowest BCUT2D eigenvalue weighted by molar-refractivity contribution is -0.141. The van der Waals surface area contributed by atoms with Crippen molar-refractivity contribution in [1.82, 2.24) is 10.2 Å². The molecule has 1 atom stereocenters. The molecule has 0 aromatic heterocycles. The Morgan fingerprint density at radius 3 is 2.51 bits per heavy atom. The molecule has 2 aromatic carbocycles. The topological polar surface area (TPSA) is 71.0 Å². The van der Waals surface area contributed by atoms with E-state index < -0.39 is 12.0 Å². The summed E-state index contributed by atoms with van der Waals surface area (Å²) in [7, 11) is 0. The molecule has 7 heteroatoms. The fraction of sp³-hybridized carbons (Fsp3) is 0.367. The van der Waals surface area contributed by atoms with E-state index in [2.05, 4.69) is 43.4 Å². The molecule has 2 aromatic rings. The highest BCUT2D eigenvalue weighted by Gasteiger charge is 2.41. The molecule has 0 bridgehead atoms. The summed E-state index contributed by atoms with van der Waals surface area (Å²) in [6, 6.07) is 17.6. The second kappa shape index (κ2) is 11.0.